The number of aliphatic imine (C=N–C) groups is 1. The third-order valence-corrected chi connectivity index (χ3v) is 3.36. The third-order valence-electron chi connectivity index (χ3n) is 3.36. The van der Waals surface area contributed by atoms with Crippen LogP contribution in [0.4, 0.5) is 5.69 Å². The van der Waals surface area contributed by atoms with Crippen LogP contribution in [0.1, 0.15) is 38.2 Å². The van der Waals surface area contributed by atoms with E-state index in [1.165, 1.54) is 19.3 Å². The molecule has 0 spiro atoms. The Balaban J connectivity index is 1.82. The highest BCUT2D eigenvalue weighted by atomic mass is 16.5. The first-order chi connectivity index (χ1) is 10.8. The molecule has 0 saturated carbocycles. The van der Waals surface area contributed by atoms with Gasteiger partial charge in [0, 0.05) is 6.21 Å². The number of phenols is 1. The van der Waals surface area contributed by atoms with Gasteiger partial charge in [-0.25, -0.2) is 0 Å². The van der Waals surface area contributed by atoms with E-state index >= 15 is 0 Å². The number of hydrogen-bond donors (Lipinski definition) is 1. The van der Waals surface area contributed by atoms with Crippen LogP contribution in [0.2, 0.25) is 0 Å². The minimum Gasteiger partial charge on any atom is -0.508 e. The summed E-state index contributed by atoms with van der Waals surface area (Å²) in [4.78, 5) is 4.37. The highest BCUT2D eigenvalue weighted by Crippen LogP contribution is 2.17. The van der Waals surface area contributed by atoms with Crippen LogP contribution < -0.4 is 4.74 Å². The van der Waals surface area contributed by atoms with Crippen LogP contribution in [0.15, 0.2) is 53.5 Å². The summed E-state index contributed by atoms with van der Waals surface area (Å²) in [7, 11) is 0. The largest absolute Gasteiger partial charge is 0.508 e. The summed E-state index contributed by atoms with van der Waals surface area (Å²) in [5, 5.41) is 9.23. The van der Waals surface area contributed by atoms with Crippen molar-refractivity contribution >= 4 is 11.9 Å². The first-order valence-electron chi connectivity index (χ1n) is 7.84. The van der Waals surface area contributed by atoms with Gasteiger partial charge in [-0.2, -0.15) is 0 Å². The van der Waals surface area contributed by atoms with Crippen LogP contribution in [-0.2, 0) is 0 Å². The summed E-state index contributed by atoms with van der Waals surface area (Å²) < 4.78 is 5.71. The van der Waals surface area contributed by atoms with Gasteiger partial charge in [-0.15, -0.1) is 0 Å². The molecule has 0 aromatic heterocycles. The summed E-state index contributed by atoms with van der Waals surface area (Å²) in [5.41, 5.74) is 1.83. The molecule has 0 aliphatic rings. The van der Waals surface area contributed by atoms with Gasteiger partial charge in [0.25, 0.3) is 0 Å². The lowest BCUT2D eigenvalue weighted by atomic mass is 10.2. The molecular formula is C19H23NO2. The normalized spacial score (nSPS) is 11.0. The van der Waals surface area contributed by atoms with Crippen LogP contribution in [0.25, 0.3) is 0 Å². The Morgan fingerprint density at radius 1 is 0.955 bits per heavy atom. The molecule has 22 heavy (non-hydrogen) atoms. The van der Waals surface area contributed by atoms with E-state index in [1.807, 2.05) is 24.3 Å². The zero-order valence-corrected chi connectivity index (χ0v) is 13.0. The van der Waals surface area contributed by atoms with Crippen molar-refractivity contribution in [3.63, 3.8) is 0 Å². The molecule has 0 aliphatic carbocycles. The summed E-state index contributed by atoms with van der Waals surface area (Å²) >= 11 is 0. The molecule has 3 heteroatoms. The molecule has 0 aliphatic heterocycles. The van der Waals surface area contributed by atoms with E-state index in [0.717, 1.165) is 30.0 Å². The minimum atomic E-state index is 0.249. The molecule has 0 atom stereocenters. The fourth-order valence-corrected chi connectivity index (χ4v) is 2.06. The van der Waals surface area contributed by atoms with E-state index in [2.05, 4.69) is 11.9 Å². The zero-order chi connectivity index (χ0) is 15.6. The van der Waals surface area contributed by atoms with Gasteiger partial charge in [-0.1, -0.05) is 26.2 Å². The monoisotopic (exact) mass is 297 g/mol. The predicted molar refractivity (Wildman–Crippen MR) is 91.4 cm³/mol. The summed E-state index contributed by atoms with van der Waals surface area (Å²) in [5.74, 6) is 1.15. The average Bonchev–Trinajstić information content (AvgIpc) is 2.55. The molecule has 0 heterocycles. The number of unbranched alkanes of at least 4 members (excludes halogenated alkanes) is 3. The fourth-order valence-electron chi connectivity index (χ4n) is 2.06. The Kier molecular flexibility index (Phi) is 6.49. The Hall–Kier alpha value is -2.29. The van der Waals surface area contributed by atoms with E-state index in [-0.39, 0.29) is 5.75 Å². The average molecular weight is 297 g/mol. The number of aromatic hydroxyl groups is 1. The van der Waals surface area contributed by atoms with Crippen molar-refractivity contribution in [3.05, 3.63) is 54.1 Å². The van der Waals surface area contributed by atoms with Crippen molar-refractivity contribution in [2.45, 2.75) is 32.6 Å². The Morgan fingerprint density at radius 2 is 1.68 bits per heavy atom. The second-order valence-corrected chi connectivity index (χ2v) is 5.25. The lowest BCUT2D eigenvalue weighted by molar-refractivity contribution is 0.305. The lowest BCUT2D eigenvalue weighted by Crippen LogP contribution is -1.97. The first-order valence-corrected chi connectivity index (χ1v) is 7.84. The van der Waals surface area contributed by atoms with E-state index in [1.54, 1.807) is 30.5 Å². The maximum atomic E-state index is 9.23. The molecule has 0 unspecified atom stereocenters. The zero-order valence-electron chi connectivity index (χ0n) is 13.0. The smallest absolute Gasteiger partial charge is 0.119 e. The molecular weight excluding hydrogens is 274 g/mol. The van der Waals surface area contributed by atoms with E-state index in [4.69, 9.17) is 4.74 Å². The maximum absolute atomic E-state index is 9.23. The molecule has 0 fully saturated rings. The second kappa shape index (κ2) is 8.88. The SMILES string of the molecule is CCCCCCOc1ccc(/C=N/c2ccc(O)cc2)cc1. The molecule has 0 amide bonds. The number of hydrogen-bond acceptors (Lipinski definition) is 3. The molecule has 2 aromatic rings. The summed E-state index contributed by atoms with van der Waals surface area (Å²) in [6.45, 7) is 2.99. The van der Waals surface area contributed by atoms with Crippen molar-refractivity contribution in [3.8, 4) is 11.5 Å². The number of ether oxygens (including phenoxy) is 1. The molecule has 2 aromatic carbocycles. The van der Waals surface area contributed by atoms with Crippen LogP contribution in [0.3, 0.4) is 0 Å². The van der Waals surface area contributed by atoms with E-state index < -0.39 is 0 Å². The van der Waals surface area contributed by atoms with Crippen molar-refractivity contribution < 1.29 is 9.84 Å². The molecule has 3 nitrogen and oxygen atoms in total. The van der Waals surface area contributed by atoms with Crippen molar-refractivity contribution in [1.29, 1.82) is 0 Å². The van der Waals surface area contributed by atoms with Crippen molar-refractivity contribution in [2.24, 2.45) is 4.99 Å². The highest BCUT2D eigenvalue weighted by molar-refractivity contribution is 5.82. The van der Waals surface area contributed by atoms with E-state index in [0.29, 0.717) is 0 Å². The Morgan fingerprint density at radius 3 is 2.36 bits per heavy atom. The highest BCUT2D eigenvalue weighted by Gasteiger charge is 1.95. The van der Waals surface area contributed by atoms with E-state index in [9.17, 15) is 5.11 Å². The maximum Gasteiger partial charge on any atom is 0.119 e. The van der Waals surface area contributed by atoms with Gasteiger partial charge in [-0.3, -0.25) is 4.99 Å². The van der Waals surface area contributed by atoms with Gasteiger partial charge in [0.1, 0.15) is 11.5 Å². The summed E-state index contributed by atoms with van der Waals surface area (Å²) in [6, 6.07) is 14.7. The number of benzene rings is 2. The second-order valence-electron chi connectivity index (χ2n) is 5.25. The van der Waals surface area contributed by atoms with Gasteiger partial charge in [-0.05, 0) is 60.5 Å². The van der Waals surface area contributed by atoms with Gasteiger partial charge in [0.2, 0.25) is 0 Å². The van der Waals surface area contributed by atoms with Crippen LogP contribution >= 0.6 is 0 Å². The number of rotatable bonds is 8. The molecule has 0 radical (unpaired) electrons. The van der Waals surface area contributed by atoms with Crippen LogP contribution in [0, 0.1) is 0 Å². The number of phenolic OH excluding ortho intramolecular Hbond substituents is 1. The van der Waals surface area contributed by atoms with Crippen molar-refractivity contribution in [1.82, 2.24) is 0 Å². The predicted octanol–water partition coefficient (Wildman–Crippen LogP) is 5.10. The first kappa shape index (κ1) is 16.1. The molecule has 0 saturated heterocycles. The quantitative estimate of drug-likeness (QED) is 0.544. The van der Waals surface area contributed by atoms with Gasteiger partial charge in [0.05, 0.1) is 12.3 Å². The standard InChI is InChI=1S/C19H23NO2/c1-2-3-4-5-14-22-19-12-6-16(7-13-19)15-20-17-8-10-18(21)11-9-17/h6-13,15,21H,2-5,14H2,1H3/b20-15+. The van der Waals surface area contributed by atoms with Gasteiger partial charge >= 0.3 is 0 Å². The van der Waals surface area contributed by atoms with Gasteiger partial charge in [0.15, 0.2) is 0 Å². The molecule has 1 N–H and O–H groups in total. The Labute approximate surface area is 132 Å². The molecule has 2 rings (SSSR count). The number of nitrogens with zero attached hydrogens (tertiary/aromatic N) is 1. The minimum absolute atomic E-state index is 0.249. The fraction of sp³-hybridized carbons (Fsp3) is 0.316. The topological polar surface area (TPSA) is 41.8 Å². The molecule has 116 valence electrons. The summed E-state index contributed by atoms with van der Waals surface area (Å²) in [6.07, 6.45) is 6.66. The van der Waals surface area contributed by atoms with Crippen LogP contribution in [0.5, 0.6) is 11.5 Å². The van der Waals surface area contributed by atoms with Gasteiger partial charge < -0.3 is 9.84 Å². The Bertz CT molecular complexity index is 573. The van der Waals surface area contributed by atoms with Crippen LogP contribution in [-0.4, -0.2) is 17.9 Å². The third kappa shape index (κ3) is 5.60. The van der Waals surface area contributed by atoms with Crippen molar-refractivity contribution in [2.75, 3.05) is 6.61 Å². The lowest BCUT2D eigenvalue weighted by Gasteiger charge is -2.05. The molecule has 0 bridgehead atoms.